The minimum absolute atomic E-state index is 0.214. The number of carbonyl (C=O) groups is 3. The second-order valence-electron chi connectivity index (χ2n) is 8.32. The van der Waals surface area contributed by atoms with Crippen molar-refractivity contribution in [1.82, 2.24) is 10.6 Å². The van der Waals surface area contributed by atoms with Crippen LogP contribution in [0.1, 0.15) is 42.9 Å². The summed E-state index contributed by atoms with van der Waals surface area (Å²) in [6, 6.07) is 6.06. The van der Waals surface area contributed by atoms with Gasteiger partial charge < -0.3 is 10.4 Å². The first kappa shape index (κ1) is 20.5. The van der Waals surface area contributed by atoms with Crippen LogP contribution in [0.5, 0.6) is 0 Å². The van der Waals surface area contributed by atoms with Gasteiger partial charge in [-0.3, -0.25) is 19.7 Å². The minimum Gasteiger partial charge on any atom is -0.369 e. The molecule has 0 fully saturated rings. The van der Waals surface area contributed by atoms with Gasteiger partial charge in [0.2, 0.25) is 0 Å². The first-order valence-corrected chi connectivity index (χ1v) is 11.5. The summed E-state index contributed by atoms with van der Waals surface area (Å²) < 4.78 is 0. The Bertz CT molecular complexity index is 1810. The van der Waals surface area contributed by atoms with Crippen LogP contribution in [0.2, 0.25) is 20.1 Å². The molecule has 7 rings (SSSR count). The van der Waals surface area contributed by atoms with Crippen molar-refractivity contribution in [3.63, 3.8) is 0 Å². The van der Waals surface area contributed by atoms with Gasteiger partial charge in [-0.25, -0.2) is 0 Å². The molecule has 5 aromatic carbocycles. The summed E-state index contributed by atoms with van der Waals surface area (Å²) in [5.41, 5.74) is 1.14. The fourth-order valence-electron chi connectivity index (χ4n) is 5.42. The molecule has 2 aliphatic rings. The molecule has 0 saturated carbocycles. The van der Waals surface area contributed by atoms with Crippen molar-refractivity contribution >= 4 is 107 Å². The van der Waals surface area contributed by atoms with Crippen LogP contribution in [-0.2, 0) is 0 Å². The molecule has 166 valence electrons. The van der Waals surface area contributed by atoms with E-state index in [-0.39, 0.29) is 36.8 Å². The lowest BCUT2D eigenvalue weighted by Crippen LogP contribution is -2.34. The number of amides is 3. The normalized spacial score (nSPS) is 17.3. The fourth-order valence-corrected chi connectivity index (χ4v) is 6.62. The van der Waals surface area contributed by atoms with Crippen molar-refractivity contribution in [2.75, 3.05) is 0 Å². The van der Waals surface area contributed by atoms with E-state index in [2.05, 4.69) is 10.6 Å². The molecule has 6 nitrogen and oxygen atoms in total. The maximum atomic E-state index is 12.7. The molecule has 2 heterocycles. The molecule has 1 atom stereocenters. The van der Waals surface area contributed by atoms with Crippen molar-refractivity contribution in [1.29, 1.82) is 0 Å². The Labute approximate surface area is 209 Å². The van der Waals surface area contributed by atoms with E-state index in [0.29, 0.717) is 48.7 Å². The van der Waals surface area contributed by atoms with Crippen molar-refractivity contribution in [3.05, 3.63) is 66.6 Å². The van der Waals surface area contributed by atoms with E-state index in [4.69, 9.17) is 46.4 Å². The maximum absolute atomic E-state index is 12.7. The van der Waals surface area contributed by atoms with Gasteiger partial charge in [0.15, 0.2) is 6.23 Å². The predicted molar refractivity (Wildman–Crippen MR) is 132 cm³/mol. The van der Waals surface area contributed by atoms with Gasteiger partial charge in [-0.1, -0.05) is 46.4 Å². The van der Waals surface area contributed by atoms with Gasteiger partial charge in [0.25, 0.3) is 17.7 Å². The SMILES string of the molecule is O=C1NC(=O)c2cc(Cl)c3c4c(Cl)cc5c6c(cc(Cl)c(c7c(Cl)cc1c2c73)c64)C(=O)NC5O. The summed E-state index contributed by atoms with van der Waals surface area (Å²) in [7, 11) is 0. The van der Waals surface area contributed by atoms with Gasteiger partial charge in [0.1, 0.15) is 0 Å². The number of hydrogen-bond acceptors (Lipinski definition) is 4. The lowest BCUT2D eigenvalue weighted by Gasteiger charge is -2.28. The Kier molecular flexibility index (Phi) is 3.87. The minimum atomic E-state index is -1.27. The highest BCUT2D eigenvalue weighted by atomic mass is 35.5. The third kappa shape index (κ3) is 2.25. The van der Waals surface area contributed by atoms with Crippen LogP contribution in [0.3, 0.4) is 0 Å². The van der Waals surface area contributed by atoms with Gasteiger partial charge >= 0.3 is 0 Å². The quantitative estimate of drug-likeness (QED) is 0.131. The monoisotopic (exact) mass is 528 g/mol. The highest BCUT2D eigenvalue weighted by Crippen LogP contribution is 2.53. The molecule has 5 aromatic rings. The summed E-state index contributed by atoms with van der Waals surface area (Å²) in [6.45, 7) is 0. The molecule has 1 unspecified atom stereocenters. The van der Waals surface area contributed by atoms with Gasteiger partial charge in [0.05, 0.1) is 0 Å². The fraction of sp³-hybridized carbons (Fsp3) is 0.0417. The summed E-state index contributed by atoms with van der Waals surface area (Å²) >= 11 is 27.0. The Hall–Kier alpha value is -2.87. The third-order valence-electron chi connectivity index (χ3n) is 6.67. The summed E-state index contributed by atoms with van der Waals surface area (Å²) in [6.07, 6.45) is -1.27. The van der Waals surface area contributed by atoms with E-state index in [9.17, 15) is 19.5 Å². The van der Waals surface area contributed by atoms with Crippen molar-refractivity contribution < 1.29 is 19.5 Å². The van der Waals surface area contributed by atoms with Crippen LogP contribution < -0.4 is 10.6 Å². The van der Waals surface area contributed by atoms with Crippen LogP contribution in [0.25, 0.3) is 43.1 Å². The number of nitrogens with one attached hydrogen (secondary N) is 2. The largest absolute Gasteiger partial charge is 0.369 e. The molecular formula is C24H8Cl4N2O4. The van der Waals surface area contributed by atoms with Crippen LogP contribution in [0.4, 0.5) is 0 Å². The standard InChI is InChI=1S/C24H8Cl4N2O4/c25-9-1-5-13-6(22(32)29-21(5)31)2-11(27)17-18-12(28)4-8-14-7(23(33)30-24(8)34)3-10(26)16(20(14)18)15(9)19(13)17/h1-4,21,31H,(H,29,32)(H,30,33,34). The number of imide groups is 1. The molecular weight excluding hydrogens is 522 g/mol. The summed E-state index contributed by atoms with van der Waals surface area (Å²) in [5.74, 6) is -1.64. The van der Waals surface area contributed by atoms with Crippen LogP contribution in [0, 0.1) is 0 Å². The van der Waals surface area contributed by atoms with Gasteiger partial charge in [-0.2, -0.15) is 0 Å². The molecule has 3 amide bonds. The molecule has 10 heteroatoms. The molecule has 0 radical (unpaired) electrons. The molecule has 0 aromatic heterocycles. The van der Waals surface area contributed by atoms with Gasteiger partial charge in [-0.15, -0.1) is 0 Å². The predicted octanol–water partition coefficient (Wildman–Crippen LogP) is 5.97. The van der Waals surface area contributed by atoms with Crippen molar-refractivity contribution in [3.8, 4) is 0 Å². The van der Waals surface area contributed by atoms with Crippen molar-refractivity contribution in [2.24, 2.45) is 0 Å². The number of aliphatic hydroxyl groups is 1. The zero-order valence-electron chi connectivity index (χ0n) is 16.6. The molecule has 0 saturated heterocycles. The Morgan fingerprint density at radius 1 is 0.559 bits per heavy atom. The lowest BCUT2D eigenvalue weighted by molar-refractivity contribution is 0.0771. The molecule has 0 bridgehead atoms. The number of benzene rings is 5. The van der Waals surface area contributed by atoms with E-state index in [1.807, 2.05) is 0 Å². The van der Waals surface area contributed by atoms with Crippen LogP contribution in [-0.4, -0.2) is 22.8 Å². The second kappa shape index (κ2) is 6.42. The van der Waals surface area contributed by atoms with Crippen LogP contribution in [0.15, 0.2) is 24.3 Å². The molecule has 2 aliphatic heterocycles. The molecule has 0 spiro atoms. The summed E-state index contributed by atoms with van der Waals surface area (Å²) in [5, 5.41) is 20.1. The Morgan fingerprint density at radius 3 is 1.47 bits per heavy atom. The number of carbonyl (C=O) groups excluding carboxylic acids is 3. The highest BCUT2D eigenvalue weighted by molar-refractivity contribution is 6.55. The molecule has 34 heavy (non-hydrogen) atoms. The molecule has 0 aliphatic carbocycles. The van der Waals surface area contributed by atoms with Crippen LogP contribution >= 0.6 is 46.4 Å². The van der Waals surface area contributed by atoms with E-state index in [1.54, 1.807) is 6.07 Å². The zero-order chi connectivity index (χ0) is 23.8. The smallest absolute Gasteiger partial charge is 0.258 e. The van der Waals surface area contributed by atoms with E-state index in [1.165, 1.54) is 18.2 Å². The topological polar surface area (TPSA) is 95.5 Å². The number of fused-ring (bicyclic) bond motifs is 2. The van der Waals surface area contributed by atoms with E-state index in [0.717, 1.165) is 0 Å². The van der Waals surface area contributed by atoms with E-state index < -0.39 is 23.9 Å². The first-order chi connectivity index (χ1) is 16.2. The van der Waals surface area contributed by atoms with Gasteiger partial charge in [0, 0.05) is 85.4 Å². The maximum Gasteiger partial charge on any atom is 0.258 e. The Morgan fingerprint density at radius 2 is 0.971 bits per heavy atom. The average molecular weight is 530 g/mol. The number of halogens is 4. The number of rotatable bonds is 0. The van der Waals surface area contributed by atoms with Gasteiger partial charge in [-0.05, 0) is 24.3 Å². The zero-order valence-corrected chi connectivity index (χ0v) is 19.6. The Balaban J connectivity index is 1.92. The number of aliphatic hydroxyl groups excluding tert-OH is 1. The van der Waals surface area contributed by atoms with E-state index >= 15 is 0 Å². The molecule has 3 N–H and O–H groups in total. The highest BCUT2D eigenvalue weighted by Gasteiger charge is 2.34. The first-order valence-electron chi connectivity index (χ1n) is 10.0. The lowest BCUT2D eigenvalue weighted by atomic mass is 9.82. The summed E-state index contributed by atoms with van der Waals surface area (Å²) in [4.78, 5) is 38.1. The van der Waals surface area contributed by atoms with Crippen molar-refractivity contribution in [2.45, 2.75) is 6.23 Å². The number of hydrogen-bond donors (Lipinski definition) is 3. The third-order valence-corrected chi connectivity index (χ3v) is 7.86. The second-order valence-corrected chi connectivity index (χ2v) is 9.95. The average Bonchev–Trinajstić information content (AvgIpc) is 2.77.